The van der Waals surface area contributed by atoms with Gasteiger partial charge in [-0.15, -0.1) is 19.8 Å². The van der Waals surface area contributed by atoms with Crippen molar-refractivity contribution in [3.05, 3.63) is 89.5 Å². The number of halogens is 5. The second-order valence-electron chi connectivity index (χ2n) is 6.25. The van der Waals surface area contributed by atoms with Crippen LogP contribution in [0, 0.1) is 23.5 Å². The zero-order valence-corrected chi connectivity index (χ0v) is 15.1. The number of aryl methyl sites for hydroxylation is 1. The maximum atomic E-state index is 14.2. The maximum Gasteiger partial charge on any atom is 0.573 e. The normalized spacial score (nSPS) is 11.1. The van der Waals surface area contributed by atoms with E-state index in [2.05, 4.69) is 23.2 Å². The van der Waals surface area contributed by atoms with Gasteiger partial charge in [0, 0.05) is 10.9 Å². The Balaban J connectivity index is 1.87. The molecular weight excluding hydrogens is 387 g/mol. The first kappa shape index (κ1) is 20.4. The Bertz CT molecular complexity index is 1120. The van der Waals surface area contributed by atoms with Gasteiger partial charge in [0.15, 0.2) is 11.6 Å². The first-order chi connectivity index (χ1) is 13.8. The van der Waals surface area contributed by atoms with E-state index in [1.165, 1.54) is 30.3 Å². The van der Waals surface area contributed by atoms with Crippen molar-refractivity contribution in [2.24, 2.45) is 0 Å². The van der Waals surface area contributed by atoms with Crippen LogP contribution in [0.1, 0.15) is 23.1 Å². The molecule has 0 aliphatic carbocycles. The van der Waals surface area contributed by atoms with Gasteiger partial charge in [-0.25, -0.2) is 8.78 Å². The molecule has 0 aromatic heterocycles. The van der Waals surface area contributed by atoms with Crippen LogP contribution in [0.2, 0.25) is 0 Å². The van der Waals surface area contributed by atoms with Gasteiger partial charge < -0.3 is 4.74 Å². The van der Waals surface area contributed by atoms with E-state index in [4.69, 9.17) is 0 Å². The average molecular weight is 402 g/mol. The van der Waals surface area contributed by atoms with Crippen molar-refractivity contribution >= 4 is 10.8 Å². The lowest BCUT2D eigenvalue weighted by atomic mass is 10.0. The van der Waals surface area contributed by atoms with Crippen molar-refractivity contribution in [2.45, 2.75) is 19.2 Å². The van der Waals surface area contributed by atoms with Crippen molar-refractivity contribution in [1.29, 1.82) is 0 Å². The van der Waals surface area contributed by atoms with Crippen molar-refractivity contribution in [2.75, 3.05) is 0 Å². The standard InChI is InChI=1S/C23H15F5O/c1-2-3-4-15-5-8-17(20(24)14-15)9-6-16-7-11-19-18(13-16)10-12-21(22(19)25)29-23(26,27)28/h2,5,7-8,10-14H,1,3-4H2. The number of alkyl halides is 3. The van der Waals surface area contributed by atoms with Gasteiger partial charge in [-0.1, -0.05) is 36.1 Å². The summed E-state index contributed by atoms with van der Waals surface area (Å²) in [5.74, 6) is 3.06. The molecule has 0 radical (unpaired) electrons. The van der Waals surface area contributed by atoms with Crippen molar-refractivity contribution < 1.29 is 26.7 Å². The summed E-state index contributed by atoms with van der Waals surface area (Å²) in [6.45, 7) is 3.63. The Morgan fingerprint density at radius 3 is 2.45 bits per heavy atom. The topological polar surface area (TPSA) is 9.23 Å². The molecule has 0 heterocycles. The number of hydrogen-bond acceptors (Lipinski definition) is 1. The first-order valence-electron chi connectivity index (χ1n) is 8.66. The fourth-order valence-corrected chi connectivity index (χ4v) is 2.78. The summed E-state index contributed by atoms with van der Waals surface area (Å²) >= 11 is 0. The summed E-state index contributed by atoms with van der Waals surface area (Å²) in [6, 6.07) is 11.3. The Morgan fingerprint density at radius 1 is 0.966 bits per heavy atom. The Hall–Kier alpha value is -3.33. The van der Waals surface area contributed by atoms with Crippen molar-refractivity contribution in [3.8, 4) is 17.6 Å². The molecule has 0 atom stereocenters. The van der Waals surface area contributed by atoms with Gasteiger partial charge >= 0.3 is 6.36 Å². The van der Waals surface area contributed by atoms with Gasteiger partial charge in [-0.3, -0.25) is 0 Å². The van der Waals surface area contributed by atoms with Crippen LogP contribution in [0.3, 0.4) is 0 Å². The predicted octanol–water partition coefficient (Wildman–Crippen LogP) is 6.54. The van der Waals surface area contributed by atoms with Gasteiger partial charge in [0.25, 0.3) is 0 Å². The van der Waals surface area contributed by atoms with Crippen molar-refractivity contribution in [1.82, 2.24) is 0 Å². The van der Waals surface area contributed by atoms with E-state index >= 15 is 0 Å². The highest BCUT2D eigenvalue weighted by molar-refractivity contribution is 5.86. The van der Waals surface area contributed by atoms with E-state index in [-0.39, 0.29) is 10.9 Å². The van der Waals surface area contributed by atoms with E-state index in [1.54, 1.807) is 18.2 Å². The molecule has 148 valence electrons. The molecule has 0 saturated heterocycles. The summed E-state index contributed by atoms with van der Waals surface area (Å²) in [6.07, 6.45) is -1.80. The molecular formula is C23H15F5O. The second kappa shape index (κ2) is 8.36. The lowest BCUT2D eigenvalue weighted by Gasteiger charge is -2.11. The maximum absolute atomic E-state index is 14.2. The van der Waals surface area contributed by atoms with Gasteiger partial charge in [-0.2, -0.15) is 0 Å². The van der Waals surface area contributed by atoms with Crippen LogP contribution >= 0.6 is 0 Å². The summed E-state index contributed by atoms with van der Waals surface area (Å²) in [5.41, 5.74) is 1.52. The van der Waals surface area contributed by atoms with E-state index in [0.717, 1.165) is 18.1 Å². The van der Waals surface area contributed by atoms with Crippen LogP contribution in [-0.4, -0.2) is 6.36 Å². The highest BCUT2D eigenvalue weighted by atomic mass is 19.4. The minimum atomic E-state index is -4.98. The summed E-state index contributed by atoms with van der Waals surface area (Å²) in [7, 11) is 0. The third kappa shape index (κ3) is 5.14. The molecule has 0 amide bonds. The van der Waals surface area contributed by atoms with Crippen LogP contribution in [0.25, 0.3) is 10.8 Å². The molecule has 1 nitrogen and oxygen atoms in total. The zero-order valence-electron chi connectivity index (χ0n) is 15.1. The monoisotopic (exact) mass is 402 g/mol. The predicted molar refractivity (Wildman–Crippen MR) is 101 cm³/mol. The van der Waals surface area contributed by atoms with Crippen molar-refractivity contribution in [3.63, 3.8) is 0 Å². The molecule has 29 heavy (non-hydrogen) atoms. The van der Waals surface area contributed by atoms with Crippen LogP contribution in [0.15, 0.2) is 61.2 Å². The highest BCUT2D eigenvalue weighted by Crippen LogP contribution is 2.31. The quantitative estimate of drug-likeness (QED) is 0.274. The summed E-state index contributed by atoms with van der Waals surface area (Å²) < 4.78 is 69.1. The van der Waals surface area contributed by atoms with Crippen LogP contribution in [0.5, 0.6) is 5.75 Å². The number of hydrogen-bond donors (Lipinski definition) is 0. The van der Waals surface area contributed by atoms with Gasteiger partial charge in [0.05, 0.1) is 5.56 Å². The lowest BCUT2D eigenvalue weighted by molar-refractivity contribution is -0.275. The number of benzene rings is 3. The first-order valence-corrected chi connectivity index (χ1v) is 8.66. The van der Waals surface area contributed by atoms with Crippen LogP contribution in [0.4, 0.5) is 22.0 Å². The van der Waals surface area contributed by atoms with E-state index in [0.29, 0.717) is 17.4 Å². The fraction of sp³-hybridized carbons (Fsp3) is 0.130. The zero-order chi connectivity index (χ0) is 21.0. The molecule has 0 N–H and O–H groups in total. The van der Waals surface area contributed by atoms with E-state index in [1.807, 2.05) is 0 Å². The molecule has 0 saturated carbocycles. The average Bonchev–Trinajstić information content (AvgIpc) is 2.67. The molecule has 3 aromatic carbocycles. The lowest BCUT2D eigenvalue weighted by Crippen LogP contribution is -2.17. The Labute approximate surface area is 164 Å². The summed E-state index contributed by atoms with van der Waals surface area (Å²) in [4.78, 5) is 0. The van der Waals surface area contributed by atoms with E-state index < -0.39 is 23.7 Å². The second-order valence-corrected chi connectivity index (χ2v) is 6.25. The fourth-order valence-electron chi connectivity index (χ4n) is 2.78. The molecule has 3 aromatic rings. The van der Waals surface area contributed by atoms with Crippen LogP contribution in [-0.2, 0) is 6.42 Å². The van der Waals surface area contributed by atoms with Gasteiger partial charge in [0.2, 0.25) is 0 Å². The minimum Gasteiger partial charge on any atom is -0.403 e. The summed E-state index contributed by atoms with van der Waals surface area (Å²) in [5, 5.41) is 0.319. The molecule has 0 fully saturated rings. The Kier molecular flexibility index (Phi) is 5.88. The van der Waals surface area contributed by atoms with Gasteiger partial charge in [0.1, 0.15) is 5.82 Å². The largest absolute Gasteiger partial charge is 0.573 e. The molecule has 0 unspecified atom stereocenters. The molecule has 0 aliphatic rings. The molecule has 3 rings (SSSR count). The SMILES string of the molecule is C=CCCc1ccc(C#Cc2ccc3c(F)c(OC(F)(F)F)ccc3c2)c(F)c1. The molecule has 0 aliphatic heterocycles. The Morgan fingerprint density at radius 2 is 1.76 bits per heavy atom. The molecule has 0 bridgehead atoms. The smallest absolute Gasteiger partial charge is 0.403 e. The van der Waals surface area contributed by atoms with E-state index in [9.17, 15) is 22.0 Å². The minimum absolute atomic E-state index is 0.0324. The number of rotatable bonds is 4. The molecule has 0 spiro atoms. The number of ether oxygens (including phenoxy) is 1. The third-order valence-corrected chi connectivity index (χ3v) is 4.16. The highest BCUT2D eigenvalue weighted by Gasteiger charge is 2.32. The van der Waals surface area contributed by atoms with Gasteiger partial charge in [-0.05, 0) is 54.1 Å². The van der Waals surface area contributed by atoms with Crippen LogP contribution < -0.4 is 4.74 Å². The molecule has 6 heteroatoms. The number of allylic oxidation sites excluding steroid dienone is 1. The number of fused-ring (bicyclic) bond motifs is 1. The third-order valence-electron chi connectivity index (χ3n) is 4.16.